The number of aromatic nitrogens is 2. The maximum absolute atomic E-state index is 11.6. The van der Waals surface area contributed by atoms with Gasteiger partial charge >= 0.3 is 5.97 Å². The molecule has 0 aromatic carbocycles. The molecule has 0 aliphatic heterocycles. The molecule has 0 saturated heterocycles. The fourth-order valence-electron chi connectivity index (χ4n) is 1.59. The Morgan fingerprint density at radius 1 is 1.63 bits per heavy atom. The fourth-order valence-corrected chi connectivity index (χ4v) is 2.29. The zero-order chi connectivity index (χ0) is 13.8. The van der Waals surface area contributed by atoms with E-state index in [1.54, 1.807) is 19.2 Å². The molecule has 0 fully saturated rings. The molecule has 1 amide bonds. The summed E-state index contributed by atoms with van der Waals surface area (Å²) in [6.07, 6.45) is 6.78. The van der Waals surface area contributed by atoms with Crippen molar-refractivity contribution in [2.45, 2.75) is 19.4 Å². The Balaban J connectivity index is 2.04. The van der Waals surface area contributed by atoms with Crippen LogP contribution in [0.4, 0.5) is 0 Å². The Labute approximate surface area is 113 Å². The molecule has 2 aromatic heterocycles. The molecule has 1 unspecified atom stereocenters. The molecular weight excluding hydrogens is 266 g/mol. The van der Waals surface area contributed by atoms with Crippen molar-refractivity contribution in [3.05, 3.63) is 29.5 Å². The Hall–Kier alpha value is -2.15. The quantitative estimate of drug-likeness (QED) is 0.810. The second-order valence-corrected chi connectivity index (χ2v) is 4.75. The van der Waals surface area contributed by atoms with Crippen LogP contribution in [0.2, 0.25) is 0 Å². The van der Waals surface area contributed by atoms with Crippen LogP contribution >= 0.6 is 11.3 Å². The number of amides is 1. The monoisotopic (exact) mass is 279 g/mol. The lowest BCUT2D eigenvalue weighted by molar-refractivity contribution is -0.141. The number of carbonyl (C=O) groups excluding carboxylic acids is 1. The van der Waals surface area contributed by atoms with Gasteiger partial charge in [0.2, 0.25) is 5.91 Å². The number of hydrogen-bond donors (Lipinski definition) is 2. The van der Waals surface area contributed by atoms with Crippen LogP contribution in [-0.2, 0) is 9.59 Å². The summed E-state index contributed by atoms with van der Waals surface area (Å²) in [5, 5.41) is 13.2. The van der Waals surface area contributed by atoms with Gasteiger partial charge in [-0.1, -0.05) is 6.92 Å². The van der Waals surface area contributed by atoms with E-state index in [-0.39, 0.29) is 0 Å². The summed E-state index contributed by atoms with van der Waals surface area (Å²) in [6.45, 7) is 1.70. The lowest BCUT2D eigenvalue weighted by Crippen LogP contribution is -2.39. The van der Waals surface area contributed by atoms with Crippen LogP contribution in [-0.4, -0.2) is 32.4 Å². The first-order valence-electron chi connectivity index (χ1n) is 5.73. The number of hydrogen-bond acceptors (Lipinski definition) is 4. The van der Waals surface area contributed by atoms with E-state index in [9.17, 15) is 9.59 Å². The zero-order valence-corrected chi connectivity index (χ0v) is 11.1. The minimum Gasteiger partial charge on any atom is -0.480 e. The number of imidazole rings is 1. The van der Waals surface area contributed by atoms with Crippen LogP contribution in [0, 0.1) is 0 Å². The van der Waals surface area contributed by atoms with Gasteiger partial charge in [0.25, 0.3) is 0 Å². The van der Waals surface area contributed by atoms with Gasteiger partial charge in [-0.3, -0.25) is 9.20 Å². The summed E-state index contributed by atoms with van der Waals surface area (Å²) >= 11 is 1.50. The molecule has 2 N–H and O–H groups in total. The summed E-state index contributed by atoms with van der Waals surface area (Å²) in [7, 11) is 0. The summed E-state index contributed by atoms with van der Waals surface area (Å²) in [5.41, 5.74) is 0.773. The molecule has 0 radical (unpaired) electrons. The zero-order valence-electron chi connectivity index (χ0n) is 10.2. The molecule has 2 aromatic rings. The molecular formula is C12H13N3O3S. The van der Waals surface area contributed by atoms with Crippen molar-refractivity contribution in [1.82, 2.24) is 14.7 Å². The van der Waals surface area contributed by atoms with Crippen molar-refractivity contribution in [3.8, 4) is 0 Å². The molecule has 2 heterocycles. The molecule has 0 aliphatic carbocycles. The SMILES string of the molecule is CCC(NC(=O)/C=C/c1cnc2sccn12)C(=O)O. The molecule has 100 valence electrons. The van der Waals surface area contributed by atoms with E-state index >= 15 is 0 Å². The Kier molecular flexibility index (Phi) is 3.96. The number of rotatable bonds is 5. The normalized spacial score (nSPS) is 12.9. The number of nitrogens with zero attached hydrogens (tertiary/aromatic N) is 2. The predicted octanol–water partition coefficient (Wildman–Crippen LogP) is 1.39. The van der Waals surface area contributed by atoms with E-state index in [1.807, 2.05) is 16.0 Å². The lowest BCUT2D eigenvalue weighted by Gasteiger charge is -2.09. The largest absolute Gasteiger partial charge is 0.480 e. The van der Waals surface area contributed by atoms with E-state index in [1.165, 1.54) is 17.4 Å². The van der Waals surface area contributed by atoms with Gasteiger partial charge in [0.05, 0.1) is 11.9 Å². The average Bonchev–Trinajstić information content (AvgIpc) is 2.96. The summed E-state index contributed by atoms with van der Waals surface area (Å²) < 4.78 is 1.85. The van der Waals surface area contributed by atoms with Gasteiger partial charge in [0, 0.05) is 17.7 Å². The third-order valence-corrected chi connectivity index (χ3v) is 3.37. The second kappa shape index (κ2) is 5.66. The molecule has 0 bridgehead atoms. The van der Waals surface area contributed by atoms with Crippen LogP contribution in [0.5, 0.6) is 0 Å². The number of thiazole rings is 1. The first-order valence-corrected chi connectivity index (χ1v) is 6.61. The van der Waals surface area contributed by atoms with E-state index in [2.05, 4.69) is 10.3 Å². The Morgan fingerprint density at radius 2 is 2.42 bits per heavy atom. The van der Waals surface area contributed by atoms with Crippen molar-refractivity contribution in [1.29, 1.82) is 0 Å². The minimum absolute atomic E-state index is 0.344. The highest BCUT2D eigenvalue weighted by atomic mass is 32.1. The van der Waals surface area contributed by atoms with Gasteiger partial charge in [0.15, 0.2) is 4.96 Å². The first-order chi connectivity index (χ1) is 9.11. The van der Waals surface area contributed by atoms with Crippen molar-refractivity contribution < 1.29 is 14.7 Å². The van der Waals surface area contributed by atoms with Crippen LogP contribution in [0.15, 0.2) is 23.8 Å². The van der Waals surface area contributed by atoms with Gasteiger partial charge in [-0.25, -0.2) is 9.78 Å². The number of nitrogens with one attached hydrogen (secondary N) is 1. The van der Waals surface area contributed by atoms with Gasteiger partial charge in [-0.05, 0) is 12.5 Å². The number of aliphatic carboxylic acids is 1. The van der Waals surface area contributed by atoms with Crippen molar-refractivity contribution in [3.63, 3.8) is 0 Å². The van der Waals surface area contributed by atoms with Gasteiger partial charge in [-0.15, -0.1) is 11.3 Å². The predicted molar refractivity (Wildman–Crippen MR) is 72.0 cm³/mol. The Bertz CT molecular complexity index is 629. The van der Waals surface area contributed by atoms with Crippen LogP contribution in [0.3, 0.4) is 0 Å². The maximum Gasteiger partial charge on any atom is 0.326 e. The number of carboxylic acid groups (broad SMARTS) is 1. The van der Waals surface area contributed by atoms with Crippen molar-refractivity contribution >= 4 is 34.3 Å². The summed E-state index contributed by atoms with van der Waals surface area (Å²) in [4.78, 5) is 27.4. The third-order valence-electron chi connectivity index (χ3n) is 2.60. The molecule has 19 heavy (non-hydrogen) atoms. The summed E-state index contributed by atoms with van der Waals surface area (Å²) in [6, 6.07) is -0.858. The third kappa shape index (κ3) is 3.00. The average molecular weight is 279 g/mol. The molecule has 1 atom stereocenters. The molecule has 2 rings (SSSR count). The molecule has 7 heteroatoms. The fraction of sp³-hybridized carbons (Fsp3) is 0.250. The van der Waals surface area contributed by atoms with E-state index in [0.717, 1.165) is 10.7 Å². The first kappa shape index (κ1) is 13.3. The highest BCUT2D eigenvalue weighted by molar-refractivity contribution is 7.15. The van der Waals surface area contributed by atoms with E-state index < -0.39 is 17.9 Å². The molecule has 0 aliphatic rings. The van der Waals surface area contributed by atoms with E-state index in [4.69, 9.17) is 5.11 Å². The van der Waals surface area contributed by atoms with Crippen molar-refractivity contribution in [2.75, 3.05) is 0 Å². The highest BCUT2D eigenvalue weighted by Gasteiger charge is 2.15. The van der Waals surface area contributed by atoms with Gasteiger partial charge in [0.1, 0.15) is 6.04 Å². The topological polar surface area (TPSA) is 83.7 Å². The van der Waals surface area contributed by atoms with Crippen molar-refractivity contribution in [2.24, 2.45) is 0 Å². The summed E-state index contributed by atoms with van der Waals surface area (Å²) in [5.74, 6) is -1.46. The van der Waals surface area contributed by atoms with E-state index in [0.29, 0.717) is 6.42 Å². The number of fused-ring (bicyclic) bond motifs is 1. The molecule has 0 saturated carbocycles. The number of carbonyl (C=O) groups is 2. The van der Waals surface area contributed by atoms with Crippen LogP contribution in [0.1, 0.15) is 19.0 Å². The van der Waals surface area contributed by atoms with Gasteiger partial charge < -0.3 is 10.4 Å². The van der Waals surface area contributed by atoms with Crippen LogP contribution < -0.4 is 5.32 Å². The van der Waals surface area contributed by atoms with Gasteiger partial charge in [-0.2, -0.15) is 0 Å². The highest BCUT2D eigenvalue weighted by Crippen LogP contribution is 2.13. The standard InChI is InChI=1S/C12H13N3O3S/c1-2-9(11(17)18)14-10(16)4-3-8-7-13-12-15(8)5-6-19-12/h3-7,9H,2H2,1H3,(H,14,16)(H,17,18)/b4-3+. The molecule has 0 spiro atoms. The lowest BCUT2D eigenvalue weighted by atomic mass is 10.2. The Morgan fingerprint density at radius 3 is 3.11 bits per heavy atom. The molecule has 6 nitrogen and oxygen atoms in total. The number of carboxylic acids is 1. The maximum atomic E-state index is 11.6. The van der Waals surface area contributed by atoms with Crippen LogP contribution in [0.25, 0.3) is 11.0 Å². The minimum atomic E-state index is -1.03. The smallest absolute Gasteiger partial charge is 0.326 e. The second-order valence-electron chi connectivity index (χ2n) is 3.88.